The summed E-state index contributed by atoms with van der Waals surface area (Å²) in [4.78, 5) is 11.6. The maximum atomic E-state index is 11.6. The molecular weight excluding hydrogens is 246 g/mol. The zero-order valence-corrected chi connectivity index (χ0v) is 11.3. The molecule has 19 heavy (non-hydrogen) atoms. The van der Waals surface area contributed by atoms with Gasteiger partial charge in [-0.1, -0.05) is 5.16 Å². The summed E-state index contributed by atoms with van der Waals surface area (Å²) in [5.41, 5.74) is 2.76. The Bertz CT molecular complexity index is 571. The van der Waals surface area contributed by atoms with E-state index in [1.807, 2.05) is 26.8 Å². The molecule has 0 aliphatic carbocycles. The fourth-order valence-corrected chi connectivity index (χ4v) is 1.81. The first kappa shape index (κ1) is 13.3. The zero-order chi connectivity index (χ0) is 13.8. The van der Waals surface area contributed by atoms with Gasteiger partial charge in [-0.2, -0.15) is 5.10 Å². The van der Waals surface area contributed by atoms with Crippen LogP contribution in [0.2, 0.25) is 0 Å². The van der Waals surface area contributed by atoms with Crippen LogP contribution in [-0.2, 0) is 22.7 Å². The lowest BCUT2D eigenvalue weighted by atomic mass is 10.4. The fourth-order valence-electron chi connectivity index (χ4n) is 1.81. The minimum Gasteiger partial charge on any atom is -0.457 e. The van der Waals surface area contributed by atoms with Gasteiger partial charge in [0, 0.05) is 11.8 Å². The Morgan fingerprint density at radius 1 is 1.32 bits per heavy atom. The van der Waals surface area contributed by atoms with Gasteiger partial charge >= 0.3 is 5.97 Å². The van der Waals surface area contributed by atoms with Crippen molar-refractivity contribution in [2.45, 2.75) is 40.3 Å². The smallest absolute Gasteiger partial charge is 0.308 e. The molecule has 0 saturated heterocycles. The molecule has 0 aromatic carbocycles. The molecule has 2 heterocycles. The number of hydrogen-bond acceptors (Lipinski definition) is 5. The van der Waals surface area contributed by atoms with Gasteiger partial charge < -0.3 is 9.26 Å². The molecule has 0 saturated carbocycles. The van der Waals surface area contributed by atoms with E-state index in [1.165, 1.54) is 0 Å². The molecular formula is C13H17N3O3. The summed E-state index contributed by atoms with van der Waals surface area (Å²) in [6.45, 7) is 6.35. The number of carbonyl (C=O) groups excluding carboxylic acids is 1. The van der Waals surface area contributed by atoms with Crippen LogP contribution < -0.4 is 0 Å². The molecule has 6 nitrogen and oxygen atoms in total. The fraction of sp³-hybridized carbons (Fsp3) is 0.462. The van der Waals surface area contributed by atoms with Crippen LogP contribution in [0.3, 0.4) is 0 Å². The number of aryl methyl sites for hydroxylation is 4. The van der Waals surface area contributed by atoms with E-state index in [9.17, 15) is 4.79 Å². The van der Waals surface area contributed by atoms with E-state index in [4.69, 9.17) is 9.26 Å². The summed E-state index contributed by atoms with van der Waals surface area (Å²) < 4.78 is 11.9. The van der Waals surface area contributed by atoms with E-state index >= 15 is 0 Å². The molecule has 2 aromatic heterocycles. The molecule has 0 N–H and O–H groups in total. The normalized spacial score (nSPS) is 10.7. The maximum absolute atomic E-state index is 11.6. The number of nitrogens with zero attached hydrogens (tertiary/aromatic N) is 3. The highest BCUT2D eigenvalue weighted by Crippen LogP contribution is 2.06. The van der Waals surface area contributed by atoms with Crippen LogP contribution in [-0.4, -0.2) is 20.9 Å². The van der Waals surface area contributed by atoms with Crippen molar-refractivity contribution in [1.82, 2.24) is 14.9 Å². The topological polar surface area (TPSA) is 70.2 Å². The largest absolute Gasteiger partial charge is 0.457 e. The molecule has 0 spiro atoms. The van der Waals surface area contributed by atoms with Crippen molar-refractivity contribution in [1.29, 1.82) is 0 Å². The quantitative estimate of drug-likeness (QED) is 0.771. The lowest BCUT2D eigenvalue weighted by Crippen LogP contribution is -2.11. The Balaban J connectivity index is 1.77. The number of esters is 1. The first-order chi connectivity index (χ1) is 9.04. The third-order valence-corrected chi connectivity index (χ3v) is 2.68. The Morgan fingerprint density at radius 3 is 2.68 bits per heavy atom. The Labute approximate surface area is 111 Å². The standard InChI is InChI=1S/C13H17N3O3/c1-9-6-11(3)16(14-9)5-4-13(17)18-8-12-7-10(2)15-19-12/h6-7H,4-5,8H2,1-3H3. The van der Waals surface area contributed by atoms with E-state index in [1.54, 1.807) is 10.7 Å². The van der Waals surface area contributed by atoms with Crippen LogP contribution in [0.25, 0.3) is 0 Å². The molecule has 0 aliphatic rings. The summed E-state index contributed by atoms with van der Waals surface area (Å²) in [6, 6.07) is 3.72. The summed E-state index contributed by atoms with van der Waals surface area (Å²) in [5.74, 6) is 0.276. The van der Waals surface area contributed by atoms with Crippen LogP contribution in [0.5, 0.6) is 0 Å². The lowest BCUT2D eigenvalue weighted by Gasteiger charge is -2.04. The molecule has 0 bridgehead atoms. The van der Waals surface area contributed by atoms with Crippen molar-refractivity contribution in [2.24, 2.45) is 0 Å². The van der Waals surface area contributed by atoms with Crippen LogP contribution in [0, 0.1) is 20.8 Å². The van der Waals surface area contributed by atoms with Crippen LogP contribution in [0.1, 0.15) is 29.3 Å². The number of ether oxygens (including phenoxy) is 1. The highest BCUT2D eigenvalue weighted by Gasteiger charge is 2.08. The Hall–Kier alpha value is -2.11. The van der Waals surface area contributed by atoms with Gasteiger partial charge in [-0.25, -0.2) is 0 Å². The number of rotatable bonds is 5. The van der Waals surface area contributed by atoms with Gasteiger partial charge in [0.15, 0.2) is 12.4 Å². The SMILES string of the molecule is Cc1cc(COC(=O)CCn2nc(C)cc2C)on1. The minimum atomic E-state index is -0.276. The van der Waals surface area contributed by atoms with E-state index in [-0.39, 0.29) is 19.0 Å². The zero-order valence-electron chi connectivity index (χ0n) is 11.3. The van der Waals surface area contributed by atoms with E-state index in [2.05, 4.69) is 10.3 Å². The maximum Gasteiger partial charge on any atom is 0.308 e. The third kappa shape index (κ3) is 3.67. The second-order valence-corrected chi connectivity index (χ2v) is 4.50. The van der Waals surface area contributed by atoms with Gasteiger partial charge in [0.05, 0.1) is 24.4 Å². The van der Waals surface area contributed by atoms with Crippen LogP contribution in [0.4, 0.5) is 0 Å². The molecule has 0 amide bonds. The molecule has 2 aromatic rings. The third-order valence-electron chi connectivity index (χ3n) is 2.68. The molecule has 0 atom stereocenters. The van der Waals surface area contributed by atoms with E-state index in [0.29, 0.717) is 12.3 Å². The van der Waals surface area contributed by atoms with Gasteiger partial charge in [0.2, 0.25) is 0 Å². The lowest BCUT2D eigenvalue weighted by molar-refractivity contribution is -0.145. The predicted molar refractivity (Wildman–Crippen MR) is 67.4 cm³/mol. The molecule has 0 radical (unpaired) electrons. The Kier molecular flexibility index (Phi) is 3.99. The summed E-state index contributed by atoms with van der Waals surface area (Å²) in [7, 11) is 0. The van der Waals surface area contributed by atoms with Crippen molar-refractivity contribution in [3.63, 3.8) is 0 Å². The molecule has 0 fully saturated rings. The number of hydrogen-bond donors (Lipinski definition) is 0. The van der Waals surface area contributed by atoms with Crippen LogP contribution in [0.15, 0.2) is 16.7 Å². The Morgan fingerprint density at radius 2 is 2.11 bits per heavy atom. The predicted octanol–water partition coefficient (Wildman–Crippen LogP) is 1.93. The molecule has 0 aliphatic heterocycles. The molecule has 102 valence electrons. The van der Waals surface area contributed by atoms with E-state index < -0.39 is 0 Å². The summed E-state index contributed by atoms with van der Waals surface area (Å²) in [6.07, 6.45) is 0.287. The highest BCUT2D eigenvalue weighted by molar-refractivity contribution is 5.69. The first-order valence-corrected chi connectivity index (χ1v) is 6.13. The van der Waals surface area contributed by atoms with Crippen molar-refractivity contribution in [2.75, 3.05) is 0 Å². The first-order valence-electron chi connectivity index (χ1n) is 6.13. The average molecular weight is 263 g/mol. The van der Waals surface area contributed by atoms with Gasteiger partial charge in [-0.05, 0) is 26.8 Å². The minimum absolute atomic E-state index is 0.122. The molecule has 6 heteroatoms. The van der Waals surface area contributed by atoms with Crippen molar-refractivity contribution < 1.29 is 14.1 Å². The summed E-state index contributed by atoms with van der Waals surface area (Å²) >= 11 is 0. The second kappa shape index (κ2) is 5.69. The van der Waals surface area contributed by atoms with E-state index in [0.717, 1.165) is 17.1 Å². The number of carbonyl (C=O) groups is 1. The van der Waals surface area contributed by atoms with Crippen LogP contribution >= 0.6 is 0 Å². The van der Waals surface area contributed by atoms with Gasteiger partial charge in [-0.3, -0.25) is 9.48 Å². The monoisotopic (exact) mass is 263 g/mol. The average Bonchev–Trinajstić information content (AvgIpc) is 2.90. The second-order valence-electron chi connectivity index (χ2n) is 4.50. The van der Waals surface area contributed by atoms with Gasteiger partial charge in [-0.15, -0.1) is 0 Å². The molecule has 2 rings (SSSR count). The highest BCUT2D eigenvalue weighted by atomic mass is 16.5. The summed E-state index contributed by atoms with van der Waals surface area (Å²) in [5, 5.41) is 8.01. The van der Waals surface area contributed by atoms with Crippen molar-refractivity contribution in [3.05, 3.63) is 35.0 Å². The van der Waals surface area contributed by atoms with Gasteiger partial charge in [0.1, 0.15) is 0 Å². The van der Waals surface area contributed by atoms with Crippen molar-refractivity contribution >= 4 is 5.97 Å². The van der Waals surface area contributed by atoms with Crippen molar-refractivity contribution in [3.8, 4) is 0 Å². The molecule has 0 unspecified atom stereocenters. The van der Waals surface area contributed by atoms with Gasteiger partial charge in [0.25, 0.3) is 0 Å². The number of aromatic nitrogens is 3.